The van der Waals surface area contributed by atoms with E-state index in [-0.39, 0.29) is 0 Å². The van der Waals surface area contributed by atoms with E-state index in [0.717, 1.165) is 15.2 Å². The molecule has 0 saturated carbocycles. The van der Waals surface area contributed by atoms with Gasteiger partial charge >= 0.3 is 0 Å². The summed E-state index contributed by atoms with van der Waals surface area (Å²) in [7, 11) is 0. The monoisotopic (exact) mass is 244 g/mol. The SMILES string of the molecule is Cc1nsc(Sc2ccc(Cl)nn2)n1. The van der Waals surface area contributed by atoms with Gasteiger partial charge in [-0.2, -0.15) is 4.37 Å². The minimum Gasteiger partial charge on any atom is -0.213 e. The lowest BCUT2D eigenvalue weighted by Crippen LogP contribution is -1.84. The van der Waals surface area contributed by atoms with Gasteiger partial charge in [0, 0.05) is 0 Å². The molecule has 0 fully saturated rings. The van der Waals surface area contributed by atoms with E-state index in [0.29, 0.717) is 5.15 Å². The molecule has 72 valence electrons. The summed E-state index contributed by atoms with van der Waals surface area (Å²) in [5.41, 5.74) is 0. The summed E-state index contributed by atoms with van der Waals surface area (Å²) < 4.78 is 4.93. The van der Waals surface area contributed by atoms with Gasteiger partial charge in [-0.1, -0.05) is 11.6 Å². The third-order valence-electron chi connectivity index (χ3n) is 1.31. The first-order valence-corrected chi connectivity index (χ1v) is 5.68. The van der Waals surface area contributed by atoms with Crippen LogP contribution in [0.1, 0.15) is 5.82 Å². The van der Waals surface area contributed by atoms with Crippen LogP contribution in [0.5, 0.6) is 0 Å². The molecule has 0 aromatic carbocycles. The van der Waals surface area contributed by atoms with Gasteiger partial charge in [-0.25, -0.2) is 4.98 Å². The minimum atomic E-state index is 0.391. The van der Waals surface area contributed by atoms with Crippen molar-refractivity contribution in [3.63, 3.8) is 0 Å². The van der Waals surface area contributed by atoms with Crippen LogP contribution in [0.2, 0.25) is 5.15 Å². The molecule has 2 rings (SSSR count). The molecule has 7 heteroatoms. The van der Waals surface area contributed by atoms with Crippen molar-refractivity contribution in [3.8, 4) is 0 Å². The van der Waals surface area contributed by atoms with E-state index in [1.807, 2.05) is 6.92 Å². The molecule has 0 aliphatic heterocycles. The number of hydrogen-bond acceptors (Lipinski definition) is 6. The Morgan fingerprint density at radius 3 is 2.79 bits per heavy atom. The Bertz CT molecular complexity index is 428. The van der Waals surface area contributed by atoms with Crippen LogP contribution in [0.25, 0.3) is 0 Å². The Hall–Kier alpha value is -0.720. The number of halogens is 1. The molecule has 0 unspecified atom stereocenters. The Kier molecular flexibility index (Phi) is 2.95. The second kappa shape index (κ2) is 4.20. The molecule has 0 N–H and O–H groups in total. The second-order valence-corrected chi connectivity index (χ2v) is 4.81. The topological polar surface area (TPSA) is 51.6 Å². The Morgan fingerprint density at radius 1 is 1.36 bits per heavy atom. The molecule has 2 heterocycles. The van der Waals surface area contributed by atoms with Crippen LogP contribution in [-0.4, -0.2) is 19.6 Å². The Morgan fingerprint density at radius 2 is 2.21 bits per heavy atom. The van der Waals surface area contributed by atoms with E-state index < -0.39 is 0 Å². The van der Waals surface area contributed by atoms with Crippen LogP contribution in [0.4, 0.5) is 0 Å². The molecule has 0 amide bonds. The van der Waals surface area contributed by atoms with Gasteiger partial charge in [0.25, 0.3) is 0 Å². The molecular formula is C7H5ClN4S2. The summed E-state index contributed by atoms with van der Waals surface area (Å²) >= 11 is 8.39. The number of aryl methyl sites for hydroxylation is 1. The van der Waals surface area contributed by atoms with Gasteiger partial charge in [-0.3, -0.25) is 0 Å². The lowest BCUT2D eigenvalue weighted by atomic mass is 10.6. The Balaban J connectivity index is 2.15. The number of nitrogens with zero attached hydrogens (tertiary/aromatic N) is 4. The zero-order valence-corrected chi connectivity index (χ0v) is 9.53. The lowest BCUT2D eigenvalue weighted by molar-refractivity contribution is 0.928. The van der Waals surface area contributed by atoms with Crippen LogP contribution in [0, 0.1) is 6.92 Å². The smallest absolute Gasteiger partial charge is 0.176 e. The van der Waals surface area contributed by atoms with Gasteiger partial charge in [-0.05, 0) is 42.4 Å². The van der Waals surface area contributed by atoms with Gasteiger partial charge in [-0.15, -0.1) is 10.2 Å². The van der Waals surface area contributed by atoms with E-state index in [2.05, 4.69) is 19.6 Å². The number of rotatable bonds is 2. The highest BCUT2D eigenvalue weighted by Crippen LogP contribution is 2.26. The summed E-state index contributed by atoms with van der Waals surface area (Å²) in [5, 5.41) is 8.80. The molecule has 2 aromatic heterocycles. The molecule has 0 bridgehead atoms. The molecule has 0 saturated heterocycles. The van der Waals surface area contributed by atoms with E-state index >= 15 is 0 Å². The van der Waals surface area contributed by atoms with Crippen molar-refractivity contribution < 1.29 is 0 Å². The maximum Gasteiger partial charge on any atom is 0.176 e. The largest absolute Gasteiger partial charge is 0.213 e. The second-order valence-electron chi connectivity index (χ2n) is 2.40. The Labute approximate surface area is 93.9 Å². The number of hydrogen-bond donors (Lipinski definition) is 0. The van der Waals surface area contributed by atoms with Crippen molar-refractivity contribution in [1.82, 2.24) is 19.6 Å². The highest BCUT2D eigenvalue weighted by molar-refractivity contribution is 8.00. The molecular weight excluding hydrogens is 240 g/mol. The molecule has 0 aliphatic carbocycles. The van der Waals surface area contributed by atoms with Gasteiger partial charge in [0.15, 0.2) is 9.49 Å². The van der Waals surface area contributed by atoms with Gasteiger partial charge < -0.3 is 0 Å². The summed E-state index contributed by atoms with van der Waals surface area (Å²) in [4.78, 5) is 4.20. The molecule has 0 atom stereocenters. The van der Waals surface area contributed by atoms with E-state index in [1.165, 1.54) is 23.3 Å². The maximum atomic E-state index is 5.61. The first-order chi connectivity index (χ1) is 6.74. The average Bonchev–Trinajstić information content (AvgIpc) is 2.56. The van der Waals surface area contributed by atoms with Crippen LogP contribution in [0.15, 0.2) is 21.5 Å². The summed E-state index contributed by atoms with van der Waals surface area (Å²) in [5.74, 6) is 0.777. The third kappa shape index (κ3) is 2.40. The lowest BCUT2D eigenvalue weighted by Gasteiger charge is -1.93. The van der Waals surface area contributed by atoms with Crippen LogP contribution >= 0.6 is 34.9 Å². The molecule has 0 radical (unpaired) electrons. The number of aromatic nitrogens is 4. The predicted molar refractivity (Wildman–Crippen MR) is 55.8 cm³/mol. The van der Waals surface area contributed by atoms with Gasteiger partial charge in [0.1, 0.15) is 10.9 Å². The van der Waals surface area contributed by atoms with Crippen molar-refractivity contribution in [1.29, 1.82) is 0 Å². The van der Waals surface area contributed by atoms with Crippen molar-refractivity contribution in [2.75, 3.05) is 0 Å². The third-order valence-corrected chi connectivity index (χ3v) is 3.28. The molecule has 4 nitrogen and oxygen atoms in total. The fourth-order valence-electron chi connectivity index (χ4n) is 0.767. The predicted octanol–water partition coefficient (Wildman–Crippen LogP) is 2.44. The molecule has 2 aromatic rings. The van der Waals surface area contributed by atoms with Crippen LogP contribution < -0.4 is 0 Å². The highest BCUT2D eigenvalue weighted by Gasteiger charge is 2.04. The fraction of sp³-hybridized carbons (Fsp3) is 0.143. The average molecular weight is 245 g/mol. The zero-order chi connectivity index (χ0) is 9.97. The standard InChI is InChI=1S/C7H5ClN4S2/c1-4-9-7(14-12-4)13-6-3-2-5(8)10-11-6/h2-3H,1H3. The van der Waals surface area contributed by atoms with Gasteiger partial charge in [0.2, 0.25) is 0 Å². The minimum absolute atomic E-state index is 0.391. The first-order valence-electron chi connectivity index (χ1n) is 3.71. The zero-order valence-electron chi connectivity index (χ0n) is 7.14. The van der Waals surface area contributed by atoms with E-state index in [4.69, 9.17) is 11.6 Å². The summed E-state index contributed by atoms with van der Waals surface area (Å²) in [6, 6.07) is 3.50. The highest BCUT2D eigenvalue weighted by atomic mass is 35.5. The quantitative estimate of drug-likeness (QED) is 0.812. The van der Waals surface area contributed by atoms with Gasteiger partial charge in [0.05, 0.1) is 0 Å². The maximum absolute atomic E-state index is 5.61. The van der Waals surface area contributed by atoms with Crippen molar-refractivity contribution in [3.05, 3.63) is 23.1 Å². The van der Waals surface area contributed by atoms with Crippen LogP contribution in [-0.2, 0) is 0 Å². The summed E-state index contributed by atoms with van der Waals surface area (Å²) in [6.45, 7) is 1.86. The van der Waals surface area contributed by atoms with Crippen molar-refractivity contribution in [2.24, 2.45) is 0 Å². The first kappa shape index (κ1) is 9.82. The van der Waals surface area contributed by atoms with Crippen molar-refractivity contribution in [2.45, 2.75) is 16.3 Å². The van der Waals surface area contributed by atoms with Crippen molar-refractivity contribution >= 4 is 34.9 Å². The van der Waals surface area contributed by atoms with E-state index in [9.17, 15) is 0 Å². The fourth-order valence-corrected chi connectivity index (χ4v) is 2.38. The summed E-state index contributed by atoms with van der Waals surface area (Å²) in [6.07, 6.45) is 0. The molecule has 0 aliphatic rings. The van der Waals surface area contributed by atoms with E-state index in [1.54, 1.807) is 12.1 Å². The normalized spacial score (nSPS) is 10.4. The van der Waals surface area contributed by atoms with Crippen LogP contribution in [0.3, 0.4) is 0 Å². The molecule has 14 heavy (non-hydrogen) atoms. The molecule has 0 spiro atoms.